The highest BCUT2D eigenvalue weighted by molar-refractivity contribution is 9.10. The Balaban J connectivity index is 3.13. The lowest BCUT2D eigenvalue weighted by Crippen LogP contribution is -2.36. The zero-order valence-corrected chi connectivity index (χ0v) is 15.2. The molecule has 0 atom stereocenters. The van der Waals surface area contributed by atoms with E-state index in [4.69, 9.17) is 14.6 Å². The lowest BCUT2D eigenvalue weighted by atomic mass is 10.1. The van der Waals surface area contributed by atoms with Crippen LogP contribution in [0.5, 0.6) is 11.5 Å². The highest BCUT2D eigenvalue weighted by Crippen LogP contribution is 2.37. The molecular weight excluding hydrogens is 366 g/mol. The summed E-state index contributed by atoms with van der Waals surface area (Å²) in [6.45, 7) is 4.45. The van der Waals surface area contributed by atoms with Gasteiger partial charge in [-0.3, -0.25) is 9.59 Å². The van der Waals surface area contributed by atoms with E-state index in [9.17, 15) is 9.59 Å². The van der Waals surface area contributed by atoms with Crippen LogP contribution < -0.4 is 9.47 Å². The van der Waals surface area contributed by atoms with Crippen molar-refractivity contribution in [2.24, 2.45) is 0 Å². The van der Waals surface area contributed by atoms with Crippen molar-refractivity contribution in [3.05, 3.63) is 22.2 Å². The van der Waals surface area contributed by atoms with Crippen molar-refractivity contribution in [2.75, 3.05) is 26.8 Å². The molecule has 128 valence electrons. The molecule has 1 amide bonds. The molecule has 0 spiro atoms. The highest BCUT2D eigenvalue weighted by Gasteiger charge is 2.21. The minimum atomic E-state index is -1.04. The molecule has 0 radical (unpaired) electrons. The number of aliphatic carboxylic acids is 1. The SMILES string of the molecule is CCCOc1c(Br)cc(C(=O)N(CCC)CC(=O)O)cc1OC. The molecule has 0 aromatic heterocycles. The number of rotatable bonds is 9. The Morgan fingerprint density at radius 2 is 1.96 bits per heavy atom. The van der Waals surface area contributed by atoms with Gasteiger partial charge in [-0.2, -0.15) is 0 Å². The molecule has 0 aliphatic carbocycles. The van der Waals surface area contributed by atoms with Gasteiger partial charge in [-0.05, 0) is 40.9 Å². The van der Waals surface area contributed by atoms with Gasteiger partial charge in [0.05, 0.1) is 18.2 Å². The first kappa shape index (κ1) is 19.3. The van der Waals surface area contributed by atoms with Crippen molar-refractivity contribution >= 4 is 27.8 Å². The maximum atomic E-state index is 12.6. The first-order valence-corrected chi connectivity index (χ1v) is 8.25. The third kappa shape index (κ3) is 5.42. The molecule has 0 saturated heterocycles. The third-order valence-electron chi connectivity index (χ3n) is 3.03. The number of hydrogen-bond donors (Lipinski definition) is 1. The van der Waals surface area contributed by atoms with Gasteiger partial charge in [0.15, 0.2) is 11.5 Å². The van der Waals surface area contributed by atoms with Crippen LogP contribution in [0.2, 0.25) is 0 Å². The Bertz CT molecular complexity index is 562. The van der Waals surface area contributed by atoms with E-state index in [1.807, 2.05) is 13.8 Å². The molecule has 0 unspecified atom stereocenters. The number of halogens is 1. The van der Waals surface area contributed by atoms with Crippen LogP contribution in [0.1, 0.15) is 37.0 Å². The van der Waals surface area contributed by atoms with Gasteiger partial charge in [0.1, 0.15) is 6.54 Å². The average Bonchev–Trinajstić information content (AvgIpc) is 2.51. The number of benzene rings is 1. The fourth-order valence-electron chi connectivity index (χ4n) is 2.06. The number of carbonyl (C=O) groups is 2. The van der Waals surface area contributed by atoms with Crippen LogP contribution in [0.15, 0.2) is 16.6 Å². The Hall–Kier alpha value is -1.76. The first-order chi connectivity index (χ1) is 10.9. The maximum Gasteiger partial charge on any atom is 0.323 e. The summed E-state index contributed by atoms with van der Waals surface area (Å²) in [5.41, 5.74) is 0.354. The molecular formula is C16H22BrNO5. The standard InChI is InChI=1S/C16H22BrNO5/c1-4-6-18(10-14(19)20)16(21)11-8-12(17)15(23-7-5-2)13(9-11)22-3/h8-9H,4-7,10H2,1-3H3,(H,19,20). The van der Waals surface area contributed by atoms with Crippen molar-refractivity contribution in [1.29, 1.82) is 0 Å². The van der Waals surface area contributed by atoms with Gasteiger partial charge in [-0.1, -0.05) is 13.8 Å². The van der Waals surface area contributed by atoms with Crippen LogP contribution in [0.4, 0.5) is 0 Å². The van der Waals surface area contributed by atoms with E-state index in [2.05, 4.69) is 15.9 Å². The third-order valence-corrected chi connectivity index (χ3v) is 3.62. The fraction of sp³-hybridized carbons (Fsp3) is 0.500. The molecule has 0 bridgehead atoms. The van der Waals surface area contributed by atoms with Crippen LogP contribution >= 0.6 is 15.9 Å². The molecule has 0 saturated carbocycles. The predicted molar refractivity (Wildman–Crippen MR) is 90.3 cm³/mol. The van der Waals surface area contributed by atoms with Crippen molar-refractivity contribution in [1.82, 2.24) is 4.90 Å². The minimum absolute atomic E-state index is 0.333. The van der Waals surface area contributed by atoms with E-state index in [-0.39, 0.29) is 12.5 Å². The molecule has 0 aliphatic rings. The van der Waals surface area contributed by atoms with Crippen molar-refractivity contribution in [3.63, 3.8) is 0 Å². The fourth-order valence-corrected chi connectivity index (χ4v) is 2.61. The molecule has 0 fully saturated rings. The minimum Gasteiger partial charge on any atom is -0.493 e. The number of ether oxygens (including phenoxy) is 2. The molecule has 0 aliphatic heterocycles. The highest BCUT2D eigenvalue weighted by atomic mass is 79.9. The summed E-state index contributed by atoms with van der Waals surface area (Å²) in [6, 6.07) is 3.20. The quantitative estimate of drug-likeness (QED) is 0.703. The van der Waals surface area contributed by atoms with E-state index in [1.54, 1.807) is 12.1 Å². The summed E-state index contributed by atoms with van der Waals surface area (Å²) < 4.78 is 11.5. The summed E-state index contributed by atoms with van der Waals surface area (Å²) in [4.78, 5) is 24.8. The largest absolute Gasteiger partial charge is 0.493 e. The Kier molecular flexibility index (Phi) is 7.88. The zero-order valence-electron chi connectivity index (χ0n) is 13.6. The van der Waals surface area contributed by atoms with Crippen molar-refractivity contribution in [2.45, 2.75) is 26.7 Å². The number of carboxylic acids is 1. The van der Waals surface area contributed by atoms with E-state index in [0.717, 1.165) is 6.42 Å². The lowest BCUT2D eigenvalue weighted by molar-refractivity contribution is -0.137. The number of carboxylic acid groups (broad SMARTS) is 1. The molecule has 0 heterocycles. The van der Waals surface area contributed by atoms with Crippen LogP contribution in [-0.4, -0.2) is 48.7 Å². The summed E-state index contributed by atoms with van der Waals surface area (Å²) in [6.07, 6.45) is 1.52. The first-order valence-electron chi connectivity index (χ1n) is 7.45. The van der Waals surface area contributed by atoms with Gasteiger partial charge < -0.3 is 19.5 Å². The summed E-state index contributed by atoms with van der Waals surface area (Å²) in [5.74, 6) is -0.426. The van der Waals surface area contributed by atoms with E-state index in [1.165, 1.54) is 12.0 Å². The molecule has 23 heavy (non-hydrogen) atoms. The molecule has 7 heteroatoms. The second-order valence-corrected chi connectivity index (χ2v) is 5.81. The van der Waals surface area contributed by atoms with Crippen LogP contribution in [0.3, 0.4) is 0 Å². The maximum absolute atomic E-state index is 12.6. The summed E-state index contributed by atoms with van der Waals surface area (Å²) >= 11 is 3.38. The van der Waals surface area contributed by atoms with Crippen LogP contribution in [0, 0.1) is 0 Å². The van der Waals surface area contributed by atoms with Gasteiger partial charge >= 0.3 is 5.97 Å². The predicted octanol–water partition coefficient (Wildman–Crippen LogP) is 3.18. The van der Waals surface area contributed by atoms with Crippen LogP contribution in [0.25, 0.3) is 0 Å². The number of hydrogen-bond acceptors (Lipinski definition) is 4. The number of nitrogens with zero attached hydrogens (tertiary/aromatic N) is 1. The Morgan fingerprint density at radius 1 is 1.26 bits per heavy atom. The Labute approximate surface area is 144 Å². The van der Waals surface area contributed by atoms with E-state index < -0.39 is 5.97 Å². The summed E-state index contributed by atoms with van der Waals surface area (Å²) in [7, 11) is 1.50. The van der Waals surface area contributed by atoms with Crippen molar-refractivity contribution < 1.29 is 24.2 Å². The average molecular weight is 388 g/mol. The van der Waals surface area contributed by atoms with Gasteiger partial charge in [-0.25, -0.2) is 0 Å². The zero-order chi connectivity index (χ0) is 17.4. The number of methoxy groups -OCH3 is 1. The normalized spacial score (nSPS) is 10.3. The molecule has 6 nitrogen and oxygen atoms in total. The second-order valence-electron chi connectivity index (χ2n) is 4.96. The van der Waals surface area contributed by atoms with Gasteiger partial charge in [0.2, 0.25) is 0 Å². The smallest absolute Gasteiger partial charge is 0.323 e. The number of carbonyl (C=O) groups excluding carboxylic acids is 1. The second kappa shape index (κ2) is 9.39. The molecule has 1 aromatic rings. The van der Waals surface area contributed by atoms with Crippen molar-refractivity contribution in [3.8, 4) is 11.5 Å². The van der Waals surface area contributed by atoms with Crippen LogP contribution in [-0.2, 0) is 4.79 Å². The molecule has 1 N–H and O–H groups in total. The van der Waals surface area contributed by atoms with Gasteiger partial charge in [-0.15, -0.1) is 0 Å². The summed E-state index contributed by atoms with van der Waals surface area (Å²) in [5, 5.41) is 8.96. The Morgan fingerprint density at radius 3 is 2.48 bits per heavy atom. The van der Waals surface area contributed by atoms with E-state index >= 15 is 0 Å². The van der Waals surface area contributed by atoms with Gasteiger partial charge in [0, 0.05) is 12.1 Å². The van der Waals surface area contributed by atoms with E-state index in [0.29, 0.717) is 41.1 Å². The monoisotopic (exact) mass is 387 g/mol. The lowest BCUT2D eigenvalue weighted by Gasteiger charge is -2.21. The van der Waals surface area contributed by atoms with Gasteiger partial charge in [0.25, 0.3) is 5.91 Å². The number of amides is 1. The molecule has 1 rings (SSSR count). The topological polar surface area (TPSA) is 76.1 Å². The molecule has 1 aromatic carbocycles.